The minimum atomic E-state index is -0.398. The molecular formula is C24H26N4O3. The van der Waals surface area contributed by atoms with Crippen molar-refractivity contribution in [2.24, 2.45) is 0 Å². The number of hydrogen-bond acceptors (Lipinski definition) is 4. The predicted molar refractivity (Wildman–Crippen MR) is 120 cm³/mol. The van der Waals surface area contributed by atoms with Crippen LogP contribution in [-0.2, 0) is 10.2 Å². The Labute approximate surface area is 181 Å². The van der Waals surface area contributed by atoms with Gasteiger partial charge in [-0.05, 0) is 36.8 Å². The van der Waals surface area contributed by atoms with Gasteiger partial charge < -0.3 is 10.1 Å². The lowest BCUT2D eigenvalue weighted by molar-refractivity contribution is 0.102. The van der Waals surface area contributed by atoms with E-state index in [1.54, 1.807) is 28.9 Å². The van der Waals surface area contributed by atoms with E-state index < -0.39 is 6.09 Å². The van der Waals surface area contributed by atoms with Gasteiger partial charge in [0.2, 0.25) is 0 Å². The highest BCUT2D eigenvalue weighted by Crippen LogP contribution is 2.28. The van der Waals surface area contributed by atoms with Crippen LogP contribution in [0.4, 0.5) is 16.3 Å². The Balaban J connectivity index is 1.68. The smallest absolute Gasteiger partial charge is 0.414 e. The monoisotopic (exact) mass is 418 g/mol. The van der Waals surface area contributed by atoms with Crippen molar-refractivity contribution < 1.29 is 14.3 Å². The van der Waals surface area contributed by atoms with Gasteiger partial charge in [0.05, 0.1) is 17.9 Å². The molecule has 7 nitrogen and oxygen atoms in total. The highest BCUT2D eigenvalue weighted by atomic mass is 16.6. The molecule has 2 amide bonds. The Morgan fingerprint density at radius 1 is 1.10 bits per heavy atom. The van der Waals surface area contributed by atoms with Gasteiger partial charge in [0.15, 0.2) is 0 Å². The number of ether oxygens (including phenoxy) is 1. The van der Waals surface area contributed by atoms with Crippen molar-refractivity contribution in [3.05, 3.63) is 71.4 Å². The first kappa shape index (κ1) is 20.7. The van der Waals surface area contributed by atoms with Crippen molar-refractivity contribution in [1.82, 2.24) is 9.78 Å². The van der Waals surface area contributed by atoms with Gasteiger partial charge >= 0.3 is 6.09 Å². The molecule has 3 aromatic rings. The molecule has 7 heteroatoms. The van der Waals surface area contributed by atoms with E-state index in [9.17, 15) is 9.59 Å². The molecule has 160 valence electrons. The van der Waals surface area contributed by atoms with Gasteiger partial charge in [-0.25, -0.2) is 9.48 Å². The van der Waals surface area contributed by atoms with Crippen LogP contribution in [0.25, 0.3) is 5.69 Å². The van der Waals surface area contributed by atoms with Gasteiger partial charge in [0.25, 0.3) is 5.91 Å². The number of cyclic esters (lactones) is 1. The fourth-order valence-electron chi connectivity index (χ4n) is 3.45. The van der Waals surface area contributed by atoms with Crippen LogP contribution in [0.5, 0.6) is 0 Å². The minimum Gasteiger partial charge on any atom is -0.447 e. The highest BCUT2D eigenvalue weighted by Gasteiger charge is 2.25. The van der Waals surface area contributed by atoms with Gasteiger partial charge in [-0.1, -0.05) is 45.0 Å². The second-order valence-corrected chi connectivity index (χ2v) is 8.63. The number of anilines is 2. The summed E-state index contributed by atoms with van der Waals surface area (Å²) >= 11 is 0. The lowest BCUT2D eigenvalue weighted by atomic mass is 9.92. The first-order valence-corrected chi connectivity index (χ1v) is 10.3. The summed E-state index contributed by atoms with van der Waals surface area (Å²) in [5.74, 6) is 0.319. The number of aryl methyl sites for hydroxylation is 1. The quantitative estimate of drug-likeness (QED) is 0.667. The molecule has 1 aromatic heterocycles. The number of carbonyl (C=O) groups excluding carboxylic acids is 2. The third-order valence-electron chi connectivity index (χ3n) is 5.24. The van der Waals surface area contributed by atoms with Gasteiger partial charge in [0, 0.05) is 22.7 Å². The predicted octanol–water partition coefficient (Wildman–Crippen LogP) is 4.69. The molecule has 1 fully saturated rings. The second kappa shape index (κ2) is 7.91. The highest BCUT2D eigenvalue weighted by molar-refractivity contribution is 6.05. The van der Waals surface area contributed by atoms with Crippen molar-refractivity contribution in [1.29, 1.82) is 0 Å². The van der Waals surface area contributed by atoms with Crippen LogP contribution in [0, 0.1) is 6.92 Å². The molecule has 0 saturated carbocycles. The zero-order valence-electron chi connectivity index (χ0n) is 18.2. The Kier molecular flexibility index (Phi) is 5.27. The molecule has 0 spiro atoms. The van der Waals surface area contributed by atoms with E-state index in [4.69, 9.17) is 9.84 Å². The molecule has 0 radical (unpaired) electrons. The molecule has 1 aliphatic rings. The van der Waals surface area contributed by atoms with Crippen LogP contribution in [0.3, 0.4) is 0 Å². The molecule has 4 rings (SSSR count). The van der Waals surface area contributed by atoms with Gasteiger partial charge in [-0.2, -0.15) is 5.10 Å². The molecule has 1 N–H and O–H groups in total. The Morgan fingerprint density at radius 2 is 1.87 bits per heavy atom. The van der Waals surface area contributed by atoms with E-state index >= 15 is 0 Å². The number of hydrogen-bond donors (Lipinski definition) is 1. The van der Waals surface area contributed by atoms with E-state index in [0.29, 0.717) is 30.2 Å². The number of amides is 2. The standard InChI is InChI=1S/C24H26N4O3/c1-16-8-5-6-11-19(16)28-21(15-20(26-28)24(2,3)4)25-22(29)17-9-7-10-18(14-17)27-12-13-31-23(27)30/h5-11,14-15H,12-13H2,1-4H3,(H,25,29). The van der Waals surface area contributed by atoms with E-state index in [2.05, 4.69) is 26.1 Å². The van der Waals surface area contributed by atoms with Gasteiger partial charge in [0.1, 0.15) is 12.4 Å². The SMILES string of the molecule is Cc1ccccc1-n1nc(C(C)(C)C)cc1NC(=O)c1cccc(N2CCOC2=O)c1. The molecule has 2 aromatic carbocycles. The average molecular weight is 418 g/mol. The van der Waals surface area contributed by atoms with E-state index in [1.165, 1.54) is 4.90 Å². The summed E-state index contributed by atoms with van der Waals surface area (Å²) in [7, 11) is 0. The number of nitrogens with one attached hydrogen (secondary N) is 1. The number of carbonyl (C=O) groups is 2. The normalized spacial score (nSPS) is 13.9. The third-order valence-corrected chi connectivity index (χ3v) is 5.24. The minimum absolute atomic E-state index is 0.177. The van der Waals surface area contributed by atoms with Crippen molar-refractivity contribution in [2.75, 3.05) is 23.4 Å². The van der Waals surface area contributed by atoms with Gasteiger partial charge in [-0.15, -0.1) is 0 Å². The molecule has 2 heterocycles. The lowest BCUT2D eigenvalue weighted by Gasteiger charge is -2.14. The molecule has 1 aliphatic heterocycles. The zero-order valence-corrected chi connectivity index (χ0v) is 18.2. The van der Waals surface area contributed by atoms with Crippen molar-refractivity contribution in [3.63, 3.8) is 0 Å². The molecule has 1 saturated heterocycles. The molecule has 0 unspecified atom stereocenters. The summed E-state index contributed by atoms with van der Waals surface area (Å²) in [5.41, 5.74) is 3.74. The van der Waals surface area contributed by atoms with Crippen LogP contribution in [-0.4, -0.2) is 34.9 Å². The van der Waals surface area contributed by atoms with Crippen LogP contribution >= 0.6 is 0 Å². The summed E-state index contributed by atoms with van der Waals surface area (Å²) in [4.78, 5) is 26.5. The Bertz CT molecular complexity index is 1140. The van der Waals surface area contributed by atoms with Crippen molar-refractivity contribution in [3.8, 4) is 5.69 Å². The Hall–Kier alpha value is -3.61. The molecule has 0 bridgehead atoms. The maximum Gasteiger partial charge on any atom is 0.414 e. The molecule has 0 atom stereocenters. The average Bonchev–Trinajstić information content (AvgIpc) is 3.35. The van der Waals surface area contributed by atoms with Crippen LogP contribution in [0.15, 0.2) is 54.6 Å². The Morgan fingerprint density at radius 3 is 2.55 bits per heavy atom. The summed E-state index contributed by atoms with van der Waals surface area (Å²) in [5, 5.41) is 7.78. The summed E-state index contributed by atoms with van der Waals surface area (Å²) in [6, 6.07) is 16.8. The zero-order chi connectivity index (χ0) is 22.2. The first-order chi connectivity index (χ1) is 14.7. The number of nitrogens with zero attached hydrogens (tertiary/aromatic N) is 3. The van der Waals surface area contributed by atoms with Crippen LogP contribution in [0.1, 0.15) is 42.4 Å². The number of para-hydroxylation sites is 1. The van der Waals surface area contributed by atoms with E-state index in [-0.39, 0.29) is 11.3 Å². The maximum atomic E-state index is 13.1. The van der Waals surface area contributed by atoms with Crippen LogP contribution in [0.2, 0.25) is 0 Å². The molecule has 31 heavy (non-hydrogen) atoms. The maximum absolute atomic E-state index is 13.1. The van der Waals surface area contributed by atoms with E-state index in [0.717, 1.165) is 16.9 Å². The van der Waals surface area contributed by atoms with Crippen molar-refractivity contribution >= 4 is 23.5 Å². The lowest BCUT2D eigenvalue weighted by Crippen LogP contribution is -2.24. The topological polar surface area (TPSA) is 76.5 Å². The number of aromatic nitrogens is 2. The molecule has 0 aliphatic carbocycles. The molecular weight excluding hydrogens is 392 g/mol. The summed E-state index contributed by atoms with van der Waals surface area (Å²) in [6.07, 6.45) is -0.398. The first-order valence-electron chi connectivity index (χ1n) is 10.3. The fourth-order valence-corrected chi connectivity index (χ4v) is 3.45. The summed E-state index contributed by atoms with van der Waals surface area (Å²) in [6.45, 7) is 9.09. The van der Waals surface area contributed by atoms with Gasteiger partial charge in [-0.3, -0.25) is 9.69 Å². The van der Waals surface area contributed by atoms with E-state index in [1.807, 2.05) is 37.3 Å². The van der Waals surface area contributed by atoms with Crippen LogP contribution < -0.4 is 10.2 Å². The number of rotatable bonds is 4. The largest absolute Gasteiger partial charge is 0.447 e. The second-order valence-electron chi connectivity index (χ2n) is 8.63. The third kappa shape index (κ3) is 4.17. The van der Waals surface area contributed by atoms with Crippen molar-refractivity contribution in [2.45, 2.75) is 33.1 Å². The fraction of sp³-hybridized carbons (Fsp3) is 0.292. The number of benzene rings is 2. The summed E-state index contributed by atoms with van der Waals surface area (Å²) < 4.78 is 6.77.